The van der Waals surface area contributed by atoms with E-state index in [1.807, 2.05) is 0 Å². The summed E-state index contributed by atoms with van der Waals surface area (Å²) < 4.78 is 10.6. The van der Waals surface area contributed by atoms with E-state index < -0.39 is 58.9 Å². The zero-order valence-electron chi connectivity index (χ0n) is 15.6. The molecule has 0 radical (unpaired) electrons. The van der Waals surface area contributed by atoms with E-state index in [-0.39, 0.29) is 28.0 Å². The van der Waals surface area contributed by atoms with E-state index in [0.717, 1.165) is 18.2 Å². The van der Waals surface area contributed by atoms with E-state index in [9.17, 15) is 45.6 Å². The first-order chi connectivity index (χ1) is 14.6. The molecule has 11 nitrogen and oxygen atoms in total. The van der Waals surface area contributed by atoms with Crippen LogP contribution in [0.15, 0.2) is 39.5 Å². The fraction of sp³-hybridized carbons (Fsp3) is 0.250. The largest absolute Gasteiger partial charge is 0.507 e. The summed E-state index contributed by atoms with van der Waals surface area (Å²) in [6.07, 6.45) is -9.14. The topological polar surface area (TPSA) is 201 Å². The lowest BCUT2D eigenvalue weighted by Crippen LogP contribution is -2.54. The van der Waals surface area contributed by atoms with E-state index >= 15 is 0 Å². The van der Waals surface area contributed by atoms with Gasteiger partial charge in [-0.25, -0.2) is 0 Å². The molecule has 0 spiro atoms. The van der Waals surface area contributed by atoms with E-state index in [1.165, 1.54) is 12.1 Å². The minimum Gasteiger partial charge on any atom is -0.507 e. The van der Waals surface area contributed by atoms with Crippen LogP contribution in [0.1, 0.15) is 11.7 Å². The number of aliphatic hydroxyl groups excluding tert-OH is 4. The number of phenolic OH excluding ortho intramolecular Hbond substituents is 4. The van der Waals surface area contributed by atoms with Crippen molar-refractivity contribution in [2.24, 2.45) is 0 Å². The quantitative estimate of drug-likeness (QED) is 0.247. The Morgan fingerprint density at radius 2 is 1.48 bits per heavy atom. The van der Waals surface area contributed by atoms with Crippen LogP contribution >= 0.6 is 0 Å². The summed E-state index contributed by atoms with van der Waals surface area (Å²) in [5, 5.41) is 79.2. The predicted molar refractivity (Wildman–Crippen MR) is 102 cm³/mol. The Hall–Kier alpha value is -3.35. The molecule has 0 aliphatic carbocycles. The molecular formula is C20H18O11. The number of fused-ring (bicyclic) bond motifs is 1. The van der Waals surface area contributed by atoms with E-state index in [4.69, 9.17) is 9.15 Å². The van der Waals surface area contributed by atoms with Gasteiger partial charge in [0, 0.05) is 17.7 Å². The van der Waals surface area contributed by atoms with Crippen LogP contribution in [0.5, 0.6) is 23.0 Å². The summed E-state index contributed by atoms with van der Waals surface area (Å²) in [4.78, 5) is 12.7. The summed E-state index contributed by atoms with van der Waals surface area (Å²) in [7, 11) is 0. The van der Waals surface area contributed by atoms with E-state index in [1.54, 1.807) is 0 Å². The molecule has 1 saturated heterocycles. The minimum absolute atomic E-state index is 0.0396. The molecule has 0 bridgehead atoms. The Morgan fingerprint density at radius 3 is 2.16 bits per heavy atom. The van der Waals surface area contributed by atoms with Gasteiger partial charge < -0.3 is 50.0 Å². The van der Waals surface area contributed by atoms with Crippen molar-refractivity contribution in [2.75, 3.05) is 0 Å². The van der Waals surface area contributed by atoms with E-state index in [0.29, 0.717) is 0 Å². The van der Waals surface area contributed by atoms with Gasteiger partial charge in [0.15, 0.2) is 23.2 Å². The van der Waals surface area contributed by atoms with Crippen LogP contribution in [-0.2, 0) is 4.74 Å². The molecule has 5 atom stereocenters. The second-order valence-corrected chi connectivity index (χ2v) is 7.13. The SMILES string of the molecule is O=c1cc(-c2ccc(O)c(O)c2)oc2cc(O)c([C@@H]3O[C@H](O)[C@@H](O)[C@H](O)[C@H]3O)c(O)c12. The summed E-state index contributed by atoms with van der Waals surface area (Å²) in [6.45, 7) is 0. The standard InChI is InChI=1S/C20H18O11/c21-7-2-1-6(3-8(7)22)11-4-9(23)13-12(30-11)5-10(24)14(15(13)25)19-17(27)16(26)18(28)20(29)31-19/h1-5,16-22,24-29H/t16-,17-,18+,19+,20+/m1/s1. The van der Waals surface area contributed by atoms with Crippen molar-refractivity contribution in [1.82, 2.24) is 0 Å². The monoisotopic (exact) mass is 434 g/mol. The zero-order chi connectivity index (χ0) is 22.6. The fourth-order valence-electron chi connectivity index (χ4n) is 3.50. The summed E-state index contributed by atoms with van der Waals surface area (Å²) in [5.41, 5.74) is -1.27. The van der Waals surface area contributed by atoms with Crippen molar-refractivity contribution in [2.45, 2.75) is 30.7 Å². The lowest BCUT2D eigenvalue weighted by atomic mass is 9.91. The molecule has 1 aliphatic rings. The van der Waals surface area contributed by atoms with Crippen molar-refractivity contribution in [3.63, 3.8) is 0 Å². The van der Waals surface area contributed by atoms with Gasteiger partial charge in [-0.3, -0.25) is 4.79 Å². The van der Waals surface area contributed by atoms with Crippen LogP contribution in [0.3, 0.4) is 0 Å². The van der Waals surface area contributed by atoms with Crippen LogP contribution < -0.4 is 5.43 Å². The molecule has 0 amide bonds. The first-order valence-electron chi connectivity index (χ1n) is 9.03. The van der Waals surface area contributed by atoms with E-state index in [2.05, 4.69) is 0 Å². The molecule has 0 saturated carbocycles. The highest BCUT2D eigenvalue weighted by molar-refractivity contribution is 5.88. The average Bonchev–Trinajstić information content (AvgIpc) is 2.71. The van der Waals surface area contributed by atoms with Crippen molar-refractivity contribution in [3.8, 4) is 34.3 Å². The number of aliphatic hydroxyl groups is 4. The molecular weight excluding hydrogens is 416 g/mol. The van der Waals surface area contributed by atoms with Gasteiger partial charge in [0.1, 0.15) is 52.6 Å². The predicted octanol–water partition coefficient (Wildman–Crippen LogP) is -0.245. The maximum Gasteiger partial charge on any atom is 0.197 e. The Labute approximate surface area is 172 Å². The molecule has 1 fully saturated rings. The van der Waals surface area contributed by atoms with Gasteiger partial charge >= 0.3 is 0 Å². The second kappa shape index (κ2) is 7.41. The number of rotatable bonds is 2. The maximum absolute atomic E-state index is 12.7. The van der Waals surface area contributed by atoms with Crippen LogP contribution in [0.25, 0.3) is 22.3 Å². The Kier molecular flexibility index (Phi) is 5.00. The van der Waals surface area contributed by atoms with Crippen LogP contribution in [0, 0.1) is 0 Å². The molecule has 1 aliphatic heterocycles. The van der Waals surface area contributed by atoms with Crippen molar-refractivity contribution in [3.05, 3.63) is 46.1 Å². The van der Waals surface area contributed by atoms with Crippen molar-refractivity contribution >= 4 is 11.0 Å². The number of hydrogen-bond donors (Lipinski definition) is 8. The smallest absolute Gasteiger partial charge is 0.197 e. The summed E-state index contributed by atoms with van der Waals surface area (Å²) in [5.74, 6) is -2.37. The highest BCUT2D eigenvalue weighted by Crippen LogP contribution is 2.44. The third kappa shape index (κ3) is 3.34. The fourth-order valence-corrected chi connectivity index (χ4v) is 3.50. The van der Waals surface area contributed by atoms with Crippen LogP contribution in [-0.4, -0.2) is 65.5 Å². The maximum atomic E-state index is 12.7. The third-order valence-corrected chi connectivity index (χ3v) is 5.14. The Bertz CT molecular complexity index is 1220. The number of benzene rings is 2. The van der Waals surface area contributed by atoms with Crippen molar-refractivity contribution in [1.29, 1.82) is 0 Å². The number of ether oxygens (including phenoxy) is 1. The van der Waals surface area contributed by atoms with Crippen molar-refractivity contribution < 1.29 is 50.0 Å². The summed E-state index contributed by atoms with van der Waals surface area (Å²) >= 11 is 0. The van der Waals surface area contributed by atoms with Gasteiger partial charge in [-0.05, 0) is 18.2 Å². The first kappa shape index (κ1) is 20.9. The molecule has 4 rings (SSSR count). The second-order valence-electron chi connectivity index (χ2n) is 7.13. The number of hydrogen-bond acceptors (Lipinski definition) is 11. The molecule has 11 heteroatoms. The number of phenols is 4. The van der Waals surface area contributed by atoms with Crippen LogP contribution in [0.4, 0.5) is 0 Å². The van der Waals surface area contributed by atoms with Crippen LogP contribution in [0.2, 0.25) is 0 Å². The lowest BCUT2D eigenvalue weighted by molar-refractivity contribution is -0.284. The Morgan fingerprint density at radius 1 is 0.774 bits per heavy atom. The molecule has 2 heterocycles. The van der Waals surface area contributed by atoms with Gasteiger partial charge in [0.25, 0.3) is 0 Å². The highest BCUT2D eigenvalue weighted by atomic mass is 16.6. The molecule has 0 unspecified atom stereocenters. The van der Waals surface area contributed by atoms with Gasteiger partial charge in [-0.15, -0.1) is 0 Å². The first-order valence-corrected chi connectivity index (χ1v) is 9.03. The molecule has 3 aromatic rings. The molecule has 2 aromatic carbocycles. The molecule has 31 heavy (non-hydrogen) atoms. The molecule has 164 valence electrons. The average molecular weight is 434 g/mol. The van der Waals surface area contributed by atoms with Gasteiger partial charge in [-0.2, -0.15) is 0 Å². The third-order valence-electron chi connectivity index (χ3n) is 5.14. The minimum atomic E-state index is -1.93. The Balaban J connectivity index is 1.87. The van der Waals surface area contributed by atoms with Gasteiger partial charge in [0.2, 0.25) is 0 Å². The van der Waals surface area contributed by atoms with Gasteiger partial charge in [-0.1, -0.05) is 0 Å². The molecule has 8 N–H and O–H groups in total. The zero-order valence-corrected chi connectivity index (χ0v) is 15.6. The van der Waals surface area contributed by atoms with Gasteiger partial charge in [0.05, 0.1) is 5.56 Å². The summed E-state index contributed by atoms with van der Waals surface area (Å²) in [6, 6.07) is 5.66. The number of aromatic hydroxyl groups is 4. The normalized spacial score (nSPS) is 26.3. The molecule has 1 aromatic heterocycles. The lowest BCUT2D eigenvalue weighted by Gasteiger charge is -2.38. The highest BCUT2D eigenvalue weighted by Gasteiger charge is 2.45.